The lowest BCUT2D eigenvalue weighted by atomic mass is 9.83. The summed E-state index contributed by atoms with van der Waals surface area (Å²) in [5.74, 6) is 0.909. The molecule has 1 heterocycles. The SMILES string of the molecule is COc1ccc2[nH]c3c(c2c1)C[C@H](N[C@@H](CCO)C(C)(C)C)CC3. The summed E-state index contributed by atoms with van der Waals surface area (Å²) in [5.41, 5.74) is 4.13. The predicted molar refractivity (Wildman–Crippen MR) is 98.7 cm³/mol. The number of rotatable bonds is 5. The molecule has 1 aromatic heterocycles. The molecule has 0 bridgehead atoms. The Morgan fingerprint density at radius 1 is 1.38 bits per heavy atom. The van der Waals surface area contributed by atoms with E-state index < -0.39 is 0 Å². The largest absolute Gasteiger partial charge is 0.497 e. The van der Waals surface area contributed by atoms with Gasteiger partial charge in [-0.2, -0.15) is 0 Å². The topological polar surface area (TPSA) is 57.3 Å². The maximum absolute atomic E-state index is 9.39. The van der Waals surface area contributed by atoms with E-state index in [-0.39, 0.29) is 12.0 Å². The lowest BCUT2D eigenvalue weighted by Crippen LogP contribution is -2.48. The summed E-state index contributed by atoms with van der Waals surface area (Å²) in [6, 6.07) is 7.05. The minimum absolute atomic E-state index is 0.145. The van der Waals surface area contributed by atoms with Crippen LogP contribution in [0.1, 0.15) is 44.9 Å². The van der Waals surface area contributed by atoms with Crippen LogP contribution in [0.15, 0.2) is 18.2 Å². The van der Waals surface area contributed by atoms with E-state index >= 15 is 0 Å². The van der Waals surface area contributed by atoms with Crippen LogP contribution in [-0.4, -0.2) is 35.9 Å². The normalized spacial score (nSPS) is 19.3. The Morgan fingerprint density at radius 2 is 2.17 bits per heavy atom. The number of aromatic nitrogens is 1. The van der Waals surface area contributed by atoms with Crippen molar-refractivity contribution in [3.05, 3.63) is 29.5 Å². The quantitative estimate of drug-likeness (QED) is 0.787. The second-order valence-corrected chi connectivity index (χ2v) is 8.03. The van der Waals surface area contributed by atoms with Crippen LogP contribution in [0.5, 0.6) is 5.75 Å². The first-order valence-corrected chi connectivity index (χ1v) is 8.96. The van der Waals surface area contributed by atoms with Gasteiger partial charge in [-0.25, -0.2) is 0 Å². The smallest absolute Gasteiger partial charge is 0.119 e. The highest BCUT2D eigenvalue weighted by Crippen LogP contribution is 2.32. The van der Waals surface area contributed by atoms with Gasteiger partial charge in [0.2, 0.25) is 0 Å². The number of H-pyrrole nitrogens is 1. The summed E-state index contributed by atoms with van der Waals surface area (Å²) in [7, 11) is 1.72. The number of methoxy groups -OCH3 is 1. The molecule has 3 N–H and O–H groups in total. The maximum Gasteiger partial charge on any atom is 0.119 e. The van der Waals surface area contributed by atoms with Crippen molar-refractivity contribution in [1.29, 1.82) is 0 Å². The first-order chi connectivity index (χ1) is 11.4. The number of ether oxygens (including phenoxy) is 1. The van der Waals surface area contributed by atoms with Crippen LogP contribution in [-0.2, 0) is 12.8 Å². The molecule has 2 atom stereocenters. The zero-order chi connectivity index (χ0) is 17.3. The third kappa shape index (κ3) is 3.45. The minimum atomic E-state index is 0.145. The van der Waals surface area contributed by atoms with Gasteiger partial charge >= 0.3 is 0 Å². The van der Waals surface area contributed by atoms with E-state index in [0.29, 0.717) is 12.1 Å². The zero-order valence-corrected chi connectivity index (χ0v) is 15.3. The molecule has 4 nitrogen and oxygen atoms in total. The van der Waals surface area contributed by atoms with E-state index in [1.54, 1.807) is 7.11 Å². The Labute approximate surface area is 144 Å². The molecule has 0 saturated carbocycles. The van der Waals surface area contributed by atoms with Gasteiger partial charge in [0, 0.05) is 35.3 Å². The molecule has 24 heavy (non-hydrogen) atoms. The van der Waals surface area contributed by atoms with Gasteiger partial charge in [-0.1, -0.05) is 20.8 Å². The second-order valence-electron chi connectivity index (χ2n) is 8.03. The van der Waals surface area contributed by atoms with Gasteiger partial charge in [-0.15, -0.1) is 0 Å². The highest BCUT2D eigenvalue weighted by Gasteiger charge is 2.29. The summed E-state index contributed by atoms with van der Waals surface area (Å²) < 4.78 is 5.39. The number of benzene rings is 1. The van der Waals surface area contributed by atoms with Gasteiger partial charge in [0.25, 0.3) is 0 Å². The number of hydrogen-bond donors (Lipinski definition) is 3. The Hall–Kier alpha value is -1.52. The van der Waals surface area contributed by atoms with Crippen molar-refractivity contribution in [1.82, 2.24) is 10.3 Å². The average Bonchev–Trinajstić information content (AvgIpc) is 2.90. The summed E-state index contributed by atoms with van der Waals surface area (Å²) in [6.45, 7) is 6.96. The fourth-order valence-corrected chi connectivity index (χ4v) is 3.85. The summed E-state index contributed by atoms with van der Waals surface area (Å²) in [6.07, 6.45) is 4.03. The maximum atomic E-state index is 9.39. The molecule has 0 radical (unpaired) electrons. The van der Waals surface area contributed by atoms with Crippen molar-refractivity contribution < 1.29 is 9.84 Å². The average molecular weight is 330 g/mol. The number of fused-ring (bicyclic) bond motifs is 3. The minimum Gasteiger partial charge on any atom is -0.497 e. The lowest BCUT2D eigenvalue weighted by molar-refractivity contribution is 0.181. The molecule has 0 saturated heterocycles. The molecule has 1 aliphatic rings. The first kappa shape index (κ1) is 17.3. The highest BCUT2D eigenvalue weighted by atomic mass is 16.5. The van der Waals surface area contributed by atoms with E-state index in [1.165, 1.54) is 22.2 Å². The molecule has 4 heteroatoms. The molecule has 0 aliphatic heterocycles. The van der Waals surface area contributed by atoms with Gasteiger partial charge in [-0.3, -0.25) is 0 Å². The van der Waals surface area contributed by atoms with Crippen molar-refractivity contribution in [2.24, 2.45) is 5.41 Å². The standard InChI is InChI=1S/C20H30N2O2/c1-20(2,3)19(9-10-23)21-13-5-7-17-15(11-13)16-12-14(24-4)6-8-18(16)22-17/h6,8,12-13,19,21-23H,5,7,9-11H2,1-4H3/t13-,19+/m1/s1. The molecule has 1 aliphatic carbocycles. The number of hydrogen-bond acceptors (Lipinski definition) is 3. The fourth-order valence-electron chi connectivity index (χ4n) is 3.85. The second kappa shape index (κ2) is 6.77. The summed E-state index contributed by atoms with van der Waals surface area (Å²) in [5, 5.41) is 14.5. The number of aromatic amines is 1. The summed E-state index contributed by atoms with van der Waals surface area (Å²) in [4.78, 5) is 3.57. The number of aliphatic hydroxyl groups is 1. The number of nitrogens with one attached hydrogen (secondary N) is 2. The van der Waals surface area contributed by atoms with Crippen molar-refractivity contribution in [2.45, 2.75) is 58.5 Å². The molecular weight excluding hydrogens is 300 g/mol. The number of aliphatic hydroxyl groups excluding tert-OH is 1. The van der Waals surface area contributed by atoms with E-state index in [0.717, 1.165) is 31.4 Å². The van der Waals surface area contributed by atoms with E-state index in [2.05, 4.69) is 43.2 Å². The van der Waals surface area contributed by atoms with Crippen molar-refractivity contribution >= 4 is 10.9 Å². The predicted octanol–water partition coefficient (Wildman–Crippen LogP) is 3.42. The van der Waals surface area contributed by atoms with Crippen LogP contribution in [0.3, 0.4) is 0 Å². The fraction of sp³-hybridized carbons (Fsp3) is 0.600. The number of aryl methyl sites for hydroxylation is 1. The Balaban J connectivity index is 1.82. The Bertz CT molecular complexity index is 699. The molecule has 0 unspecified atom stereocenters. The van der Waals surface area contributed by atoms with Crippen LogP contribution in [0.4, 0.5) is 0 Å². The molecular formula is C20H30N2O2. The monoisotopic (exact) mass is 330 g/mol. The highest BCUT2D eigenvalue weighted by molar-refractivity contribution is 5.86. The third-order valence-corrected chi connectivity index (χ3v) is 5.30. The Morgan fingerprint density at radius 3 is 2.83 bits per heavy atom. The van der Waals surface area contributed by atoms with E-state index in [4.69, 9.17) is 4.74 Å². The van der Waals surface area contributed by atoms with Gasteiger partial charge in [0.05, 0.1) is 7.11 Å². The van der Waals surface area contributed by atoms with E-state index in [1.807, 2.05) is 6.07 Å². The molecule has 0 fully saturated rings. The molecule has 0 amide bonds. The molecule has 1 aromatic carbocycles. The lowest BCUT2D eigenvalue weighted by Gasteiger charge is -2.36. The van der Waals surface area contributed by atoms with Crippen molar-refractivity contribution in [3.8, 4) is 5.75 Å². The molecule has 0 spiro atoms. The van der Waals surface area contributed by atoms with Gasteiger partial charge in [0.15, 0.2) is 0 Å². The van der Waals surface area contributed by atoms with E-state index in [9.17, 15) is 5.11 Å². The van der Waals surface area contributed by atoms with Crippen LogP contribution in [0.2, 0.25) is 0 Å². The van der Waals surface area contributed by atoms with Gasteiger partial charge in [0.1, 0.15) is 5.75 Å². The van der Waals surface area contributed by atoms with Crippen molar-refractivity contribution in [3.63, 3.8) is 0 Å². The van der Waals surface area contributed by atoms with Crippen molar-refractivity contribution in [2.75, 3.05) is 13.7 Å². The Kier molecular flexibility index (Phi) is 4.88. The zero-order valence-electron chi connectivity index (χ0n) is 15.3. The van der Waals surface area contributed by atoms with Crippen LogP contribution in [0.25, 0.3) is 10.9 Å². The van der Waals surface area contributed by atoms with Crippen LogP contribution >= 0.6 is 0 Å². The molecule has 3 rings (SSSR count). The van der Waals surface area contributed by atoms with Gasteiger partial charge < -0.3 is 20.1 Å². The molecule has 132 valence electrons. The third-order valence-electron chi connectivity index (χ3n) is 5.30. The van der Waals surface area contributed by atoms with Crippen LogP contribution in [0, 0.1) is 5.41 Å². The first-order valence-electron chi connectivity index (χ1n) is 8.96. The van der Waals surface area contributed by atoms with Crippen LogP contribution < -0.4 is 10.1 Å². The van der Waals surface area contributed by atoms with Gasteiger partial charge in [-0.05, 0) is 54.9 Å². The molecule has 2 aromatic rings. The summed E-state index contributed by atoms with van der Waals surface area (Å²) >= 11 is 0.